The number of aromatic nitrogens is 1. The SMILES string of the molecule is CN(C)c1cc(C(=O)NC[C@@H](c2ccccc2)N2CCOCC2)c2ccccc2n1. The first-order valence-corrected chi connectivity index (χ1v) is 10.4. The number of nitrogens with one attached hydrogen (secondary N) is 1. The molecule has 0 aliphatic carbocycles. The lowest BCUT2D eigenvalue weighted by Crippen LogP contribution is -2.43. The molecule has 2 heterocycles. The summed E-state index contributed by atoms with van der Waals surface area (Å²) < 4.78 is 5.52. The van der Waals surface area contributed by atoms with Crippen molar-refractivity contribution in [3.8, 4) is 0 Å². The molecule has 6 heteroatoms. The molecular weight excluding hydrogens is 376 g/mol. The minimum atomic E-state index is -0.0779. The number of pyridine rings is 1. The van der Waals surface area contributed by atoms with Crippen molar-refractivity contribution in [1.82, 2.24) is 15.2 Å². The summed E-state index contributed by atoms with van der Waals surface area (Å²) in [6.07, 6.45) is 0. The molecule has 156 valence electrons. The zero-order valence-corrected chi connectivity index (χ0v) is 17.5. The first kappa shape index (κ1) is 20.3. The number of hydrogen-bond acceptors (Lipinski definition) is 5. The number of para-hydroxylation sites is 1. The second-order valence-electron chi connectivity index (χ2n) is 7.72. The van der Waals surface area contributed by atoms with Gasteiger partial charge in [-0.2, -0.15) is 0 Å². The second kappa shape index (κ2) is 9.24. The van der Waals surface area contributed by atoms with Gasteiger partial charge in [-0.3, -0.25) is 9.69 Å². The van der Waals surface area contributed by atoms with Crippen LogP contribution in [0.2, 0.25) is 0 Å². The maximum atomic E-state index is 13.3. The van der Waals surface area contributed by atoms with Gasteiger partial charge in [0.25, 0.3) is 5.91 Å². The fourth-order valence-electron chi connectivity index (χ4n) is 3.89. The van der Waals surface area contributed by atoms with Crippen molar-refractivity contribution in [3.05, 3.63) is 71.8 Å². The summed E-state index contributed by atoms with van der Waals surface area (Å²) in [4.78, 5) is 22.2. The van der Waals surface area contributed by atoms with E-state index in [9.17, 15) is 4.79 Å². The highest BCUT2D eigenvalue weighted by Crippen LogP contribution is 2.24. The molecule has 6 nitrogen and oxygen atoms in total. The Hall–Kier alpha value is -2.96. The van der Waals surface area contributed by atoms with Crippen LogP contribution in [0.15, 0.2) is 60.7 Å². The lowest BCUT2D eigenvalue weighted by atomic mass is 10.0. The summed E-state index contributed by atoms with van der Waals surface area (Å²) in [5, 5.41) is 4.05. The number of hydrogen-bond donors (Lipinski definition) is 1. The van der Waals surface area contributed by atoms with E-state index in [1.807, 2.05) is 67.5 Å². The number of rotatable bonds is 6. The quantitative estimate of drug-likeness (QED) is 0.684. The van der Waals surface area contributed by atoms with E-state index >= 15 is 0 Å². The van der Waals surface area contributed by atoms with Crippen LogP contribution in [-0.2, 0) is 4.74 Å². The molecule has 30 heavy (non-hydrogen) atoms. The molecule has 3 aromatic rings. The van der Waals surface area contributed by atoms with Gasteiger partial charge < -0.3 is 15.0 Å². The van der Waals surface area contributed by atoms with E-state index in [1.54, 1.807) is 0 Å². The van der Waals surface area contributed by atoms with Gasteiger partial charge in [0.05, 0.1) is 30.3 Å². The molecular formula is C24H28N4O2. The highest BCUT2D eigenvalue weighted by Gasteiger charge is 2.24. The molecule has 1 aromatic heterocycles. The number of benzene rings is 2. The molecule has 1 aliphatic heterocycles. The van der Waals surface area contributed by atoms with Gasteiger partial charge in [-0.25, -0.2) is 4.98 Å². The highest BCUT2D eigenvalue weighted by atomic mass is 16.5. The average molecular weight is 405 g/mol. The number of carbonyl (C=O) groups excluding carboxylic acids is 1. The molecule has 1 saturated heterocycles. The predicted molar refractivity (Wildman–Crippen MR) is 120 cm³/mol. The Morgan fingerprint density at radius 3 is 2.53 bits per heavy atom. The smallest absolute Gasteiger partial charge is 0.252 e. The molecule has 1 atom stereocenters. The van der Waals surface area contributed by atoms with Crippen molar-refractivity contribution < 1.29 is 9.53 Å². The van der Waals surface area contributed by atoms with Crippen LogP contribution in [0.25, 0.3) is 10.9 Å². The molecule has 4 rings (SSSR count). The first-order valence-electron chi connectivity index (χ1n) is 10.4. The number of nitrogens with zero attached hydrogens (tertiary/aromatic N) is 3. The van der Waals surface area contributed by atoms with Crippen LogP contribution < -0.4 is 10.2 Å². The number of morpholine rings is 1. The van der Waals surface area contributed by atoms with Gasteiger partial charge in [-0.1, -0.05) is 48.5 Å². The third-order valence-electron chi connectivity index (χ3n) is 5.53. The molecule has 0 spiro atoms. The first-order chi connectivity index (χ1) is 14.6. The van der Waals surface area contributed by atoms with Crippen LogP contribution in [0.1, 0.15) is 22.0 Å². The van der Waals surface area contributed by atoms with Gasteiger partial charge >= 0.3 is 0 Å². The molecule has 1 amide bonds. The molecule has 1 aliphatic rings. The number of ether oxygens (including phenoxy) is 1. The van der Waals surface area contributed by atoms with Crippen molar-refractivity contribution in [2.45, 2.75) is 6.04 Å². The fraction of sp³-hybridized carbons (Fsp3) is 0.333. The van der Waals surface area contributed by atoms with Crippen molar-refractivity contribution in [2.24, 2.45) is 0 Å². The summed E-state index contributed by atoms with van der Waals surface area (Å²) in [5.41, 5.74) is 2.67. The Bertz CT molecular complexity index is 1000. The standard InChI is InChI=1S/C24H28N4O2/c1-27(2)23-16-20(19-10-6-7-11-21(19)26-23)24(29)25-17-22(18-8-4-3-5-9-18)28-12-14-30-15-13-28/h3-11,16,22H,12-15,17H2,1-2H3,(H,25,29)/t22-/m0/s1. The summed E-state index contributed by atoms with van der Waals surface area (Å²) >= 11 is 0. The van der Waals surface area contributed by atoms with Gasteiger partial charge in [0.15, 0.2) is 0 Å². The number of anilines is 1. The van der Waals surface area contributed by atoms with Crippen LogP contribution in [0.5, 0.6) is 0 Å². The Morgan fingerprint density at radius 1 is 1.10 bits per heavy atom. The predicted octanol–water partition coefficient (Wildman–Crippen LogP) is 3.10. The minimum Gasteiger partial charge on any atom is -0.379 e. The van der Waals surface area contributed by atoms with E-state index in [2.05, 4.69) is 27.3 Å². The number of fused-ring (bicyclic) bond motifs is 1. The number of carbonyl (C=O) groups is 1. The summed E-state index contributed by atoms with van der Waals surface area (Å²) in [6, 6.07) is 20.1. The Balaban J connectivity index is 1.59. The maximum Gasteiger partial charge on any atom is 0.252 e. The van der Waals surface area contributed by atoms with Crippen molar-refractivity contribution in [1.29, 1.82) is 0 Å². The maximum absolute atomic E-state index is 13.3. The molecule has 0 saturated carbocycles. The molecule has 0 radical (unpaired) electrons. The Kier molecular flexibility index (Phi) is 6.26. The molecule has 1 N–H and O–H groups in total. The van der Waals surface area contributed by atoms with Crippen molar-refractivity contribution in [2.75, 3.05) is 51.8 Å². The largest absolute Gasteiger partial charge is 0.379 e. The highest BCUT2D eigenvalue weighted by molar-refractivity contribution is 6.07. The van der Waals surface area contributed by atoms with Crippen LogP contribution in [0.3, 0.4) is 0 Å². The molecule has 2 aromatic carbocycles. The summed E-state index contributed by atoms with van der Waals surface area (Å²) in [5.74, 6) is 0.692. The Morgan fingerprint density at radius 2 is 1.80 bits per heavy atom. The van der Waals surface area contributed by atoms with E-state index < -0.39 is 0 Å². The minimum absolute atomic E-state index is 0.0779. The zero-order valence-electron chi connectivity index (χ0n) is 17.5. The molecule has 1 fully saturated rings. The van der Waals surface area contributed by atoms with Gasteiger partial charge in [0.2, 0.25) is 0 Å². The van der Waals surface area contributed by atoms with Crippen LogP contribution in [0.4, 0.5) is 5.82 Å². The lowest BCUT2D eigenvalue weighted by molar-refractivity contribution is 0.0162. The van der Waals surface area contributed by atoms with Gasteiger partial charge in [-0.15, -0.1) is 0 Å². The lowest BCUT2D eigenvalue weighted by Gasteiger charge is -2.35. The van der Waals surface area contributed by atoms with Gasteiger partial charge in [0, 0.05) is 39.1 Å². The van der Waals surface area contributed by atoms with Crippen LogP contribution >= 0.6 is 0 Å². The zero-order chi connectivity index (χ0) is 20.9. The van der Waals surface area contributed by atoms with E-state index in [-0.39, 0.29) is 11.9 Å². The van der Waals surface area contributed by atoms with E-state index in [1.165, 1.54) is 5.56 Å². The van der Waals surface area contributed by atoms with Crippen molar-refractivity contribution >= 4 is 22.6 Å². The van der Waals surface area contributed by atoms with Gasteiger partial charge in [0.1, 0.15) is 5.82 Å². The second-order valence-corrected chi connectivity index (χ2v) is 7.72. The topological polar surface area (TPSA) is 57.7 Å². The average Bonchev–Trinajstić information content (AvgIpc) is 2.79. The third-order valence-corrected chi connectivity index (χ3v) is 5.53. The number of amides is 1. The van der Waals surface area contributed by atoms with Crippen molar-refractivity contribution in [3.63, 3.8) is 0 Å². The Labute approximate surface area is 177 Å². The molecule has 0 bridgehead atoms. The van der Waals surface area contributed by atoms with E-state index in [0.717, 1.165) is 43.0 Å². The third kappa shape index (κ3) is 4.45. The summed E-state index contributed by atoms with van der Waals surface area (Å²) in [6.45, 7) is 3.70. The van der Waals surface area contributed by atoms with Crippen LogP contribution in [0, 0.1) is 0 Å². The normalized spacial score (nSPS) is 15.7. The van der Waals surface area contributed by atoms with Crippen LogP contribution in [-0.4, -0.2) is 62.7 Å². The summed E-state index contributed by atoms with van der Waals surface area (Å²) in [7, 11) is 3.87. The molecule has 0 unspecified atom stereocenters. The van der Waals surface area contributed by atoms with Gasteiger partial charge in [-0.05, 0) is 17.7 Å². The fourth-order valence-corrected chi connectivity index (χ4v) is 3.89. The monoisotopic (exact) mass is 404 g/mol. The van der Waals surface area contributed by atoms with E-state index in [4.69, 9.17) is 4.74 Å². The van der Waals surface area contributed by atoms with E-state index in [0.29, 0.717) is 12.1 Å².